The Labute approximate surface area is 84.4 Å². The maximum Gasteiger partial charge on any atom is 0.0166 e. The molecule has 1 aliphatic heterocycles. The third-order valence-electron chi connectivity index (χ3n) is 2.32. The minimum Gasteiger partial charge on any atom is -0.313 e. The van der Waals surface area contributed by atoms with Gasteiger partial charge in [-0.3, -0.25) is 0 Å². The van der Waals surface area contributed by atoms with E-state index in [1.54, 1.807) is 0 Å². The zero-order valence-corrected chi connectivity index (χ0v) is 9.64. The molecule has 3 heteroatoms. The van der Waals surface area contributed by atoms with Crippen LogP contribution >= 0.6 is 23.5 Å². The topological polar surface area (TPSA) is 12.0 Å². The van der Waals surface area contributed by atoms with Crippen LogP contribution in [-0.4, -0.2) is 35.6 Å². The molecule has 1 N–H and O–H groups in total. The van der Waals surface area contributed by atoms with Crippen molar-refractivity contribution in [1.29, 1.82) is 0 Å². The van der Waals surface area contributed by atoms with Gasteiger partial charge in [0.1, 0.15) is 0 Å². The lowest BCUT2D eigenvalue weighted by atomic mass is 10.2. The lowest BCUT2D eigenvalue weighted by Gasteiger charge is -2.13. The Morgan fingerprint density at radius 3 is 3.08 bits per heavy atom. The highest BCUT2D eigenvalue weighted by Crippen LogP contribution is 2.17. The molecule has 1 fully saturated rings. The fourth-order valence-corrected chi connectivity index (χ4v) is 2.84. The summed E-state index contributed by atoms with van der Waals surface area (Å²) in [5, 5.41) is 4.42. The average Bonchev–Trinajstić information content (AvgIpc) is 2.57. The van der Waals surface area contributed by atoms with E-state index < -0.39 is 0 Å². The van der Waals surface area contributed by atoms with E-state index in [1.807, 2.05) is 11.8 Å². The molecule has 0 amide bonds. The fourth-order valence-electron chi connectivity index (χ4n) is 1.30. The Kier molecular flexibility index (Phi) is 5.52. The lowest BCUT2D eigenvalue weighted by molar-refractivity contribution is 0.544. The molecule has 1 aliphatic rings. The van der Waals surface area contributed by atoms with Crippen LogP contribution in [0.4, 0.5) is 0 Å². The van der Waals surface area contributed by atoms with Crippen LogP contribution in [0, 0.1) is 0 Å². The summed E-state index contributed by atoms with van der Waals surface area (Å²) in [5.41, 5.74) is 0. The first-order valence-corrected chi connectivity index (χ1v) is 7.11. The van der Waals surface area contributed by atoms with Crippen LogP contribution in [-0.2, 0) is 0 Å². The summed E-state index contributed by atoms with van der Waals surface area (Å²) in [7, 11) is 0. The molecule has 1 nitrogen and oxygen atoms in total. The number of hydrogen-bond donors (Lipinski definition) is 1. The molecule has 0 aromatic carbocycles. The average molecular weight is 205 g/mol. The number of hydrogen-bond acceptors (Lipinski definition) is 3. The fraction of sp³-hybridized carbons (Fsp3) is 1.00. The molecule has 72 valence electrons. The molecule has 0 spiro atoms. The third-order valence-corrected chi connectivity index (χ3v) is 4.52. The van der Waals surface area contributed by atoms with Crippen LogP contribution in [0.1, 0.15) is 19.8 Å². The standard InChI is InChI=1S/C9H19NS2/c1-8(11-2)3-5-10-9-4-6-12-7-9/h8-10H,3-7H2,1-2H3. The molecule has 1 heterocycles. The lowest BCUT2D eigenvalue weighted by Crippen LogP contribution is -2.30. The molecule has 1 saturated heterocycles. The third kappa shape index (κ3) is 4.06. The summed E-state index contributed by atoms with van der Waals surface area (Å²) in [5.74, 6) is 2.68. The highest BCUT2D eigenvalue weighted by atomic mass is 32.2. The van der Waals surface area contributed by atoms with Crippen molar-refractivity contribution in [3.63, 3.8) is 0 Å². The minimum atomic E-state index is 0.809. The van der Waals surface area contributed by atoms with Crippen LogP contribution in [0.15, 0.2) is 0 Å². The summed E-state index contributed by atoms with van der Waals surface area (Å²) in [6, 6.07) is 0.809. The van der Waals surface area contributed by atoms with Crippen LogP contribution < -0.4 is 5.32 Å². The van der Waals surface area contributed by atoms with Gasteiger partial charge in [0.2, 0.25) is 0 Å². The van der Waals surface area contributed by atoms with E-state index in [0.29, 0.717) is 0 Å². The van der Waals surface area contributed by atoms with Crippen LogP contribution in [0.25, 0.3) is 0 Å². The predicted molar refractivity (Wildman–Crippen MR) is 61.3 cm³/mol. The van der Waals surface area contributed by atoms with Crippen LogP contribution in [0.3, 0.4) is 0 Å². The molecule has 0 saturated carbocycles. The second-order valence-corrected chi connectivity index (χ2v) is 5.78. The van der Waals surface area contributed by atoms with Gasteiger partial charge >= 0.3 is 0 Å². The van der Waals surface area contributed by atoms with Crippen molar-refractivity contribution in [2.75, 3.05) is 24.3 Å². The smallest absolute Gasteiger partial charge is 0.0166 e. The first-order chi connectivity index (χ1) is 5.83. The maximum atomic E-state index is 3.61. The van der Waals surface area contributed by atoms with E-state index in [4.69, 9.17) is 0 Å². The van der Waals surface area contributed by atoms with Crippen molar-refractivity contribution in [3.8, 4) is 0 Å². The summed E-state index contributed by atoms with van der Waals surface area (Å²) in [6.45, 7) is 3.50. The largest absolute Gasteiger partial charge is 0.313 e. The van der Waals surface area contributed by atoms with Gasteiger partial charge in [0.15, 0.2) is 0 Å². The van der Waals surface area contributed by atoms with Gasteiger partial charge in [-0.15, -0.1) is 0 Å². The van der Waals surface area contributed by atoms with Gasteiger partial charge in [0, 0.05) is 17.0 Å². The Bertz CT molecular complexity index is 113. The molecule has 0 aromatic heterocycles. The van der Waals surface area contributed by atoms with Crippen molar-refractivity contribution in [1.82, 2.24) is 5.32 Å². The van der Waals surface area contributed by atoms with E-state index in [9.17, 15) is 0 Å². The monoisotopic (exact) mass is 205 g/mol. The van der Waals surface area contributed by atoms with E-state index >= 15 is 0 Å². The molecule has 0 bridgehead atoms. The molecule has 1 rings (SSSR count). The molecule has 2 unspecified atom stereocenters. The summed E-state index contributed by atoms with van der Waals surface area (Å²) >= 11 is 4.04. The second kappa shape index (κ2) is 6.17. The van der Waals surface area contributed by atoms with Gasteiger partial charge in [-0.05, 0) is 31.4 Å². The zero-order valence-electron chi connectivity index (χ0n) is 8.01. The van der Waals surface area contributed by atoms with E-state index in [0.717, 1.165) is 11.3 Å². The minimum absolute atomic E-state index is 0.809. The van der Waals surface area contributed by atoms with Crippen LogP contribution in [0.5, 0.6) is 0 Å². The molecule has 12 heavy (non-hydrogen) atoms. The van der Waals surface area contributed by atoms with Gasteiger partial charge in [-0.25, -0.2) is 0 Å². The molecule has 0 radical (unpaired) electrons. The summed E-state index contributed by atoms with van der Waals surface area (Å²) in [4.78, 5) is 0. The highest BCUT2D eigenvalue weighted by Gasteiger charge is 2.14. The van der Waals surface area contributed by atoms with Gasteiger partial charge in [0.05, 0.1) is 0 Å². The Morgan fingerprint density at radius 2 is 2.50 bits per heavy atom. The zero-order chi connectivity index (χ0) is 8.81. The second-order valence-electron chi connectivity index (χ2n) is 3.35. The Morgan fingerprint density at radius 1 is 1.67 bits per heavy atom. The van der Waals surface area contributed by atoms with Crippen molar-refractivity contribution in [3.05, 3.63) is 0 Å². The molecular formula is C9H19NS2. The van der Waals surface area contributed by atoms with E-state index in [2.05, 4.69) is 30.3 Å². The number of nitrogens with one attached hydrogen (secondary N) is 1. The first kappa shape index (κ1) is 10.7. The summed E-state index contributed by atoms with van der Waals surface area (Å²) < 4.78 is 0. The Balaban J connectivity index is 1.94. The van der Waals surface area contributed by atoms with Crippen molar-refractivity contribution >= 4 is 23.5 Å². The molecule has 0 aliphatic carbocycles. The molecule has 0 aromatic rings. The van der Waals surface area contributed by atoms with Crippen molar-refractivity contribution < 1.29 is 0 Å². The molecular weight excluding hydrogens is 186 g/mol. The van der Waals surface area contributed by atoms with Crippen molar-refractivity contribution in [2.45, 2.75) is 31.1 Å². The van der Waals surface area contributed by atoms with Gasteiger partial charge in [0.25, 0.3) is 0 Å². The van der Waals surface area contributed by atoms with Gasteiger partial charge in [-0.1, -0.05) is 6.92 Å². The predicted octanol–water partition coefficient (Wildman–Crippen LogP) is 2.22. The van der Waals surface area contributed by atoms with E-state index in [-0.39, 0.29) is 0 Å². The number of rotatable bonds is 5. The SMILES string of the molecule is CSC(C)CCNC1CCSC1. The van der Waals surface area contributed by atoms with Crippen LogP contribution in [0.2, 0.25) is 0 Å². The summed E-state index contributed by atoms with van der Waals surface area (Å²) in [6.07, 6.45) is 4.87. The van der Waals surface area contributed by atoms with Crippen molar-refractivity contribution in [2.24, 2.45) is 0 Å². The van der Waals surface area contributed by atoms with Gasteiger partial charge in [-0.2, -0.15) is 23.5 Å². The first-order valence-electron chi connectivity index (χ1n) is 4.67. The maximum absolute atomic E-state index is 3.61. The van der Waals surface area contributed by atoms with E-state index in [1.165, 1.54) is 30.9 Å². The molecule has 2 atom stereocenters. The quantitative estimate of drug-likeness (QED) is 0.739. The normalized spacial score (nSPS) is 26.0. The number of thioether (sulfide) groups is 2. The van der Waals surface area contributed by atoms with Gasteiger partial charge < -0.3 is 5.32 Å². The highest BCUT2D eigenvalue weighted by molar-refractivity contribution is 7.99. The Hall–Kier alpha value is 0.660.